The Morgan fingerprint density at radius 3 is 1.27 bits per heavy atom. The number of benzene rings is 4. The number of hydrogen-bond donors (Lipinski definition) is 4. The van der Waals surface area contributed by atoms with E-state index in [-0.39, 0.29) is 36.5 Å². The van der Waals surface area contributed by atoms with Crippen LogP contribution in [0.4, 0.5) is 0 Å². The van der Waals surface area contributed by atoms with Crippen molar-refractivity contribution in [2.75, 3.05) is 39.4 Å². The highest BCUT2D eigenvalue weighted by atomic mass is 16.6. The molecule has 2 unspecified atom stereocenters. The minimum atomic E-state index is -1.01. The SMILES string of the molecule is O=C(OCC(CNCCc1ccc(O)cc1)c1ccccc1)C(=O)OCC(CNCCc1ccc(O)cc1)c1ccccc1. The molecule has 4 aromatic carbocycles. The number of nitrogens with one attached hydrogen (secondary N) is 2. The molecule has 8 nitrogen and oxygen atoms in total. The number of rotatable bonds is 16. The monoisotopic (exact) mass is 596 g/mol. The van der Waals surface area contributed by atoms with Crippen LogP contribution >= 0.6 is 0 Å². The molecule has 0 spiro atoms. The van der Waals surface area contributed by atoms with Crippen LogP contribution in [0.15, 0.2) is 109 Å². The molecule has 0 aliphatic rings. The van der Waals surface area contributed by atoms with Crippen LogP contribution in [0, 0.1) is 0 Å². The maximum absolute atomic E-state index is 12.6. The molecule has 0 radical (unpaired) electrons. The Morgan fingerprint density at radius 2 is 0.909 bits per heavy atom. The van der Waals surface area contributed by atoms with Crippen LogP contribution in [-0.4, -0.2) is 61.5 Å². The standard InChI is InChI=1S/C36H40N2O6/c39-33-15-11-27(12-16-33)19-21-37-23-31(29-7-3-1-4-8-29)25-43-35(41)36(42)44-26-32(30-9-5-2-6-10-30)24-38-22-20-28-13-17-34(40)18-14-28/h1-18,31-32,37-40H,19-26H2. The lowest BCUT2D eigenvalue weighted by molar-refractivity contribution is -0.168. The fourth-order valence-electron chi connectivity index (χ4n) is 4.81. The van der Waals surface area contributed by atoms with Crippen molar-refractivity contribution in [2.45, 2.75) is 24.7 Å². The van der Waals surface area contributed by atoms with E-state index in [4.69, 9.17) is 9.47 Å². The van der Waals surface area contributed by atoms with E-state index in [1.807, 2.05) is 84.9 Å². The Morgan fingerprint density at radius 1 is 0.545 bits per heavy atom. The number of carbonyl (C=O) groups excluding carboxylic acids is 2. The fourth-order valence-corrected chi connectivity index (χ4v) is 4.81. The third-order valence-corrected chi connectivity index (χ3v) is 7.37. The maximum Gasteiger partial charge on any atom is 0.417 e. The van der Waals surface area contributed by atoms with Crippen LogP contribution in [-0.2, 0) is 31.9 Å². The first-order chi connectivity index (χ1) is 21.5. The summed E-state index contributed by atoms with van der Waals surface area (Å²) in [4.78, 5) is 25.3. The van der Waals surface area contributed by atoms with Crippen molar-refractivity contribution in [3.8, 4) is 11.5 Å². The average Bonchev–Trinajstić information content (AvgIpc) is 3.06. The van der Waals surface area contributed by atoms with E-state index in [1.165, 1.54) is 0 Å². The molecule has 0 heterocycles. The van der Waals surface area contributed by atoms with Gasteiger partial charge in [0.15, 0.2) is 0 Å². The van der Waals surface area contributed by atoms with Crippen LogP contribution in [0.25, 0.3) is 0 Å². The van der Waals surface area contributed by atoms with Gasteiger partial charge in [0.2, 0.25) is 0 Å². The summed E-state index contributed by atoms with van der Waals surface area (Å²) in [5.41, 5.74) is 4.19. The van der Waals surface area contributed by atoms with Gasteiger partial charge in [0.05, 0.1) is 13.2 Å². The number of phenols is 2. The molecule has 0 aliphatic heterocycles. The molecule has 8 heteroatoms. The first-order valence-corrected chi connectivity index (χ1v) is 14.9. The molecule has 0 saturated carbocycles. The molecule has 0 aromatic heterocycles. The zero-order valence-corrected chi connectivity index (χ0v) is 24.7. The molecule has 4 rings (SSSR count). The predicted molar refractivity (Wildman–Crippen MR) is 170 cm³/mol. The molecular formula is C36H40N2O6. The van der Waals surface area contributed by atoms with E-state index in [0.717, 1.165) is 35.1 Å². The highest BCUT2D eigenvalue weighted by molar-refractivity contribution is 6.29. The van der Waals surface area contributed by atoms with Crippen LogP contribution in [0.1, 0.15) is 34.1 Å². The van der Waals surface area contributed by atoms with E-state index in [0.29, 0.717) is 26.2 Å². The summed E-state index contributed by atoms with van der Waals surface area (Å²) in [7, 11) is 0. The number of phenolic OH excluding ortho intramolecular Hbond substituents is 2. The van der Waals surface area contributed by atoms with Crippen molar-refractivity contribution < 1.29 is 29.3 Å². The number of carbonyl (C=O) groups is 2. The number of hydrogen-bond acceptors (Lipinski definition) is 8. The van der Waals surface area contributed by atoms with Crippen molar-refractivity contribution in [1.29, 1.82) is 0 Å². The van der Waals surface area contributed by atoms with Crippen LogP contribution < -0.4 is 10.6 Å². The summed E-state index contributed by atoms with van der Waals surface area (Å²) >= 11 is 0. The minimum absolute atomic E-state index is 0.0328. The van der Waals surface area contributed by atoms with Gasteiger partial charge in [0.1, 0.15) is 11.5 Å². The van der Waals surface area contributed by atoms with Crippen molar-refractivity contribution >= 4 is 11.9 Å². The van der Waals surface area contributed by atoms with Crippen molar-refractivity contribution in [3.63, 3.8) is 0 Å². The van der Waals surface area contributed by atoms with E-state index in [1.54, 1.807) is 24.3 Å². The predicted octanol–water partition coefficient (Wildman–Crippen LogP) is 4.72. The van der Waals surface area contributed by atoms with Crippen LogP contribution in [0.2, 0.25) is 0 Å². The third-order valence-electron chi connectivity index (χ3n) is 7.37. The molecule has 0 saturated heterocycles. The summed E-state index contributed by atoms with van der Waals surface area (Å²) < 4.78 is 10.9. The Hall–Kier alpha value is -4.66. The largest absolute Gasteiger partial charge is 0.508 e. The molecule has 0 bridgehead atoms. The van der Waals surface area contributed by atoms with Crippen molar-refractivity contribution in [3.05, 3.63) is 131 Å². The van der Waals surface area contributed by atoms with Gasteiger partial charge in [-0.1, -0.05) is 84.9 Å². The maximum atomic E-state index is 12.6. The third kappa shape index (κ3) is 10.9. The lowest BCUT2D eigenvalue weighted by Gasteiger charge is -2.19. The first-order valence-electron chi connectivity index (χ1n) is 14.9. The highest BCUT2D eigenvalue weighted by Crippen LogP contribution is 2.18. The topological polar surface area (TPSA) is 117 Å². The van der Waals surface area contributed by atoms with Gasteiger partial charge in [0.25, 0.3) is 0 Å². The molecule has 4 N–H and O–H groups in total. The zero-order valence-electron chi connectivity index (χ0n) is 24.7. The average molecular weight is 597 g/mol. The number of esters is 2. The summed E-state index contributed by atoms with van der Waals surface area (Å²) in [6.07, 6.45) is 1.56. The summed E-state index contributed by atoms with van der Waals surface area (Å²) in [5.74, 6) is -1.85. The first kappa shape index (κ1) is 32.3. The Kier molecular flexibility index (Phi) is 12.8. The second-order valence-electron chi connectivity index (χ2n) is 10.7. The molecule has 4 aromatic rings. The molecule has 0 aliphatic carbocycles. The van der Waals surface area contributed by atoms with Gasteiger partial charge in [-0.3, -0.25) is 0 Å². The normalized spacial score (nSPS) is 12.3. The highest BCUT2D eigenvalue weighted by Gasteiger charge is 2.23. The molecule has 0 amide bonds. The van der Waals surface area contributed by atoms with Crippen molar-refractivity contribution in [1.82, 2.24) is 10.6 Å². The van der Waals surface area contributed by atoms with E-state index in [2.05, 4.69) is 10.6 Å². The summed E-state index contributed by atoms with van der Waals surface area (Å²) in [6.45, 7) is 2.57. The molecular weight excluding hydrogens is 556 g/mol. The smallest absolute Gasteiger partial charge is 0.417 e. The van der Waals surface area contributed by atoms with Gasteiger partial charge in [0, 0.05) is 24.9 Å². The van der Waals surface area contributed by atoms with Crippen LogP contribution in [0.3, 0.4) is 0 Å². The zero-order chi connectivity index (χ0) is 31.0. The van der Waals surface area contributed by atoms with Gasteiger partial charge in [-0.2, -0.15) is 0 Å². The lowest BCUT2D eigenvalue weighted by Crippen LogP contribution is -2.31. The van der Waals surface area contributed by atoms with Gasteiger partial charge < -0.3 is 30.3 Å². The molecule has 44 heavy (non-hydrogen) atoms. The van der Waals surface area contributed by atoms with Gasteiger partial charge >= 0.3 is 11.9 Å². The fraction of sp³-hybridized carbons (Fsp3) is 0.278. The summed E-state index contributed by atoms with van der Waals surface area (Å²) in [5, 5.41) is 25.8. The second-order valence-corrected chi connectivity index (χ2v) is 10.7. The molecule has 230 valence electrons. The number of ether oxygens (including phenoxy) is 2. The Bertz CT molecular complexity index is 1300. The summed E-state index contributed by atoms with van der Waals surface area (Å²) in [6, 6.07) is 33.6. The van der Waals surface area contributed by atoms with E-state index in [9.17, 15) is 19.8 Å². The second kappa shape index (κ2) is 17.5. The number of aromatic hydroxyl groups is 2. The molecule has 0 fully saturated rings. The minimum Gasteiger partial charge on any atom is -0.508 e. The van der Waals surface area contributed by atoms with Gasteiger partial charge in [-0.15, -0.1) is 0 Å². The van der Waals surface area contributed by atoms with Gasteiger partial charge in [-0.05, 0) is 72.5 Å². The Balaban J connectivity index is 1.25. The van der Waals surface area contributed by atoms with E-state index >= 15 is 0 Å². The van der Waals surface area contributed by atoms with Gasteiger partial charge in [-0.25, -0.2) is 9.59 Å². The van der Waals surface area contributed by atoms with E-state index < -0.39 is 11.9 Å². The molecule has 2 atom stereocenters. The quantitative estimate of drug-likeness (QED) is 0.0835. The van der Waals surface area contributed by atoms with Crippen LogP contribution in [0.5, 0.6) is 11.5 Å². The van der Waals surface area contributed by atoms with Crippen molar-refractivity contribution in [2.24, 2.45) is 0 Å². The lowest BCUT2D eigenvalue weighted by atomic mass is 10.00. The Labute approximate surface area is 258 Å².